The number of aliphatic hydroxyl groups excluding tert-OH is 1. The Balaban J connectivity index is 1.99. The first-order valence-electron chi connectivity index (χ1n) is 6.31. The van der Waals surface area contributed by atoms with E-state index >= 15 is 0 Å². The third kappa shape index (κ3) is 1.87. The van der Waals surface area contributed by atoms with Gasteiger partial charge in [-0.15, -0.1) is 0 Å². The zero-order chi connectivity index (χ0) is 14.5. The average molecular weight is 283 g/mol. The summed E-state index contributed by atoms with van der Waals surface area (Å²) in [4.78, 5) is 13.4. The van der Waals surface area contributed by atoms with Gasteiger partial charge in [-0.1, -0.05) is 12.1 Å². The quantitative estimate of drug-likeness (QED) is 0.860. The molecule has 2 aliphatic rings. The van der Waals surface area contributed by atoms with Crippen molar-refractivity contribution in [2.75, 3.05) is 6.54 Å². The lowest BCUT2D eigenvalue weighted by atomic mass is 9.97. The van der Waals surface area contributed by atoms with Crippen LogP contribution < -0.4 is 0 Å². The van der Waals surface area contributed by atoms with Crippen molar-refractivity contribution in [2.24, 2.45) is 0 Å². The molecule has 1 fully saturated rings. The summed E-state index contributed by atoms with van der Waals surface area (Å²) in [5.74, 6) is -0.767. The Hall–Kier alpha value is -1.98. The second-order valence-corrected chi connectivity index (χ2v) is 4.99. The van der Waals surface area contributed by atoms with Crippen molar-refractivity contribution >= 4 is 11.5 Å². The van der Waals surface area contributed by atoms with Crippen molar-refractivity contribution < 1.29 is 23.1 Å². The van der Waals surface area contributed by atoms with Crippen LogP contribution in [0.3, 0.4) is 0 Å². The number of carbonyl (C=O) groups excluding carboxylic acids is 1. The maximum absolute atomic E-state index is 12.5. The van der Waals surface area contributed by atoms with Crippen LogP contribution in [-0.4, -0.2) is 28.5 Å². The minimum absolute atomic E-state index is 0.209. The first-order chi connectivity index (χ1) is 9.39. The van der Waals surface area contributed by atoms with Gasteiger partial charge < -0.3 is 10.0 Å². The summed E-state index contributed by atoms with van der Waals surface area (Å²) in [6.07, 6.45) is -2.82. The molecule has 1 aromatic rings. The lowest BCUT2D eigenvalue weighted by Crippen LogP contribution is -2.29. The van der Waals surface area contributed by atoms with Crippen LogP contribution in [0.5, 0.6) is 0 Å². The van der Waals surface area contributed by atoms with E-state index in [0.29, 0.717) is 17.7 Å². The van der Waals surface area contributed by atoms with Gasteiger partial charge in [0.1, 0.15) is 0 Å². The Morgan fingerprint density at radius 1 is 1.20 bits per heavy atom. The van der Waals surface area contributed by atoms with Crippen molar-refractivity contribution in [2.45, 2.75) is 25.1 Å². The largest absolute Gasteiger partial charge is 0.503 e. The van der Waals surface area contributed by atoms with Gasteiger partial charge in [0.05, 0.1) is 11.6 Å². The van der Waals surface area contributed by atoms with E-state index in [9.17, 15) is 23.1 Å². The Morgan fingerprint density at radius 2 is 1.85 bits per heavy atom. The lowest BCUT2D eigenvalue weighted by molar-refractivity contribution is -0.137. The second-order valence-electron chi connectivity index (χ2n) is 4.99. The summed E-state index contributed by atoms with van der Waals surface area (Å²) in [5, 5.41) is 9.91. The van der Waals surface area contributed by atoms with Gasteiger partial charge in [0, 0.05) is 12.1 Å². The lowest BCUT2D eigenvalue weighted by Gasteiger charge is -2.17. The van der Waals surface area contributed by atoms with Crippen LogP contribution in [0, 0.1) is 0 Å². The number of benzene rings is 1. The molecule has 0 spiro atoms. The third-order valence-corrected chi connectivity index (χ3v) is 3.83. The van der Waals surface area contributed by atoms with Gasteiger partial charge in [0.2, 0.25) is 0 Å². The molecule has 0 aromatic heterocycles. The van der Waals surface area contributed by atoms with Crippen LogP contribution in [0.25, 0.3) is 5.57 Å². The van der Waals surface area contributed by atoms with Crippen molar-refractivity contribution in [1.29, 1.82) is 0 Å². The van der Waals surface area contributed by atoms with E-state index < -0.39 is 17.6 Å². The summed E-state index contributed by atoms with van der Waals surface area (Å²) < 4.78 is 37.6. The predicted molar refractivity (Wildman–Crippen MR) is 65.7 cm³/mol. The zero-order valence-corrected chi connectivity index (χ0v) is 10.4. The molecule has 1 atom stereocenters. The van der Waals surface area contributed by atoms with E-state index in [0.717, 1.165) is 25.0 Å². The Morgan fingerprint density at radius 3 is 2.45 bits per heavy atom. The summed E-state index contributed by atoms with van der Waals surface area (Å²) in [6, 6.07) is 4.35. The van der Waals surface area contributed by atoms with Crippen molar-refractivity contribution in [3.63, 3.8) is 0 Å². The molecular weight excluding hydrogens is 271 g/mol. The minimum Gasteiger partial charge on any atom is -0.503 e. The fourth-order valence-electron chi connectivity index (χ4n) is 2.89. The first kappa shape index (κ1) is 13.0. The van der Waals surface area contributed by atoms with Gasteiger partial charge in [0.25, 0.3) is 5.91 Å². The molecule has 0 aliphatic carbocycles. The number of hydrogen-bond acceptors (Lipinski definition) is 2. The molecule has 6 heteroatoms. The number of carbonyl (C=O) groups is 1. The molecule has 0 saturated carbocycles. The topological polar surface area (TPSA) is 40.5 Å². The maximum atomic E-state index is 12.5. The number of alkyl halides is 3. The van der Waals surface area contributed by atoms with Gasteiger partial charge >= 0.3 is 6.18 Å². The SMILES string of the molecule is O=C1C(O)=C(c2ccc(C(F)(F)F)cc2)C2CCCN12. The number of hydrogen-bond donors (Lipinski definition) is 1. The standard InChI is InChI=1S/C14H12F3NO2/c15-14(16,17)9-5-3-8(4-6-9)11-10-2-1-7-18(10)13(20)12(11)19/h3-6,10,19H,1-2,7H2. The van der Waals surface area contributed by atoms with Crippen LogP contribution in [0.1, 0.15) is 24.0 Å². The highest BCUT2D eigenvalue weighted by Gasteiger charge is 2.42. The van der Waals surface area contributed by atoms with Gasteiger partial charge in [-0.3, -0.25) is 4.79 Å². The third-order valence-electron chi connectivity index (χ3n) is 3.83. The van der Waals surface area contributed by atoms with Gasteiger partial charge in [-0.2, -0.15) is 13.2 Å². The molecule has 3 rings (SSSR count). The monoisotopic (exact) mass is 283 g/mol. The molecule has 3 nitrogen and oxygen atoms in total. The molecule has 2 aliphatic heterocycles. The van der Waals surface area contributed by atoms with Crippen molar-refractivity contribution in [3.05, 3.63) is 41.2 Å². The van der Waals surface area contributed by atoms with Gasteiger partial charge in [-0.25, -0.2) is 0 Å². The van der Waals surface area contributed by atoms with Crippen molar-refractivity contribution in [3.8, 4) is 0 Å². The summed E-state index contributed by atoms with van der Waals surface area (Å²) in [6.45, 7) is 0.581. The molecule has 1 amide bonds. The Bertz CT molecular complexity index is 589. The molecule has 2 heterocycles. The van der Waals surface area contributed by atoms with E-state index in [1.165, 1.54) is 12.1 Å². The highest BCUT2D eigenvalue weighted by molar-refractivity contribution is 6.05. The van der Waals surface area contributed by atoms with Crippen LogP contribution >= 0.6 is 0 Å². The highest BCUT2D eigenvalue weighted by Crippen LogP contribution is 2.39. The van der Waals surface area contributed by atoms with E-state index in [1.807, 2.05) is 0 Å². The smallest absolute Gasteiger partial charge is 0.416 e. The Kier molecular flexibility index (Phi) is 2.77. The molecule has 1 N–H and O–H groups in total. The van der Waals surface area contributed by atoms with Crippen LogP contribution in [0.4, 0.5) is 13.2 Å². The highest BCUT2D eigenvalue weighted by atomic mass is 19.4. The minimum atomic E-state index is -4.39. The van der Waals surface area contributed by atoms with Crippen molar-refractivity contribution in [1.82, 2.24) is 4.90 Å². The summed E-state index contributed by atoms with van der Waals surface area (Å²) >= 11 is 0. The fourth-order valence-corrected chi connectivity index (χ4v) is 2.89. The molecule has 106 valence electrons. The van der Waals surface area contributed by atoms with Crippen LogP contribution in [-0.2, 0) is 11.0 Å². The van der Waals surface area contributed by atoms with E-state index in [2.05, 4.69) is 0 Å². The van der Waals surface area contributed by atoms with Crippen LogP contribution in [0.15, 0.2) is 30.0 Å². The second kappa shape index (κ2) is 4.26. The molecule has 1 aromatic carbocycles. The molecule has 20 heavy (non-hydrogen) atoms. The molecule has 0 radical (unpaired) electrons. The normalized spacial score (nSPS) is 22.6. The number of nitrogens with zero attached hydrogens (tertiary/aromatic N) is 1. The number of rotatable bonds is 1. The maximum Gasteiger partial charge on any atom is 0.416 e. The average Bonchev–Trinajstić information content (AvgIpc) is 2.94. The number of fused-ring (bicyclic) bond motifs is 1. The Labute approximate surface area is 113 Å². The molecule has 1 unspecified atom stereocenters. The number of halogens is 3. The predicted octanol–water partition coefficient (Wildman–Crippen LogP) is 2.98. The first-order valence-corrected chi connectivity index (χ1v) is 6.31. The number of amides is 1. The molecule has 1 saturated heterocycles. The van der Waals surface area contributed by atoms with E-state index in [1.54, 1.807) is 4.90 Å². The molecular formula is C14H12F3NO2. The van der Waals surface area contributed by atoms with Crippen LogP contribution in [0.2, 0.25) is 0 Å². The van der Waals surface area contributed by atoms with E-state index in [-0.39, 0.29) is 11.8 Å². The zero-order valence-electron chi connectivity index (χ0n) is 10.4. The fraction of sp³-hybridized carbons (Fsp3) is 0.357. The summed E-state index contributed by atoms with van der Waals surface area (Å²) in [5.41, 5.74) is 0.174. The summed E-state index contributed by atoms with van der Waals surface area (Å²) in [7, 11) is 0. The molecule has 0 bridgehead atoms. The van der Waals surface area contributed by atoms with Gasteiger partial charge in [-0.05, 0) is 30.5 Å². The van der Waals surface area contributed by atoms with E-state index in [4.69, 9.17) is 0 Å². The number of aliphatic hydroxyl groups is 1. The van der Waals surface area contributed by atoms with Gasteiger partial charge in [0.15, 0.2) is 5.76 Å².